The van der Waals surface area contributed by atoms with Gasteiger partial charge in [0.1, 0.15) is 11.5 Å². The molecule has 0 spiro atoms. The predicted molar refractivity (Wildman–Crippen MR) is 55.7 cm³/mol. The highest BCUT2D eigenvalue weighted by atomic mass is 35.5. The van der Waals surface area contributed by atoms with Crippen LogP contribution in [0.3, 0.4) is 0 Å². The average molecular weight is 225 g/mol. The molecule has 2 aromatic rings. The normalized spacial score (nSPS) is 10.2. The van der Waals surface area contributed by atoms with Gasteiger partial charge in [0.25, 0.3) is 5.91 Å². The number of aromatic amines is 1. The molecule has 2 heterocycles. The molecule has 0 aliphatic heterocycles. The summed E-state index contributed by atoms with van der Waals surface area (Å²) in [6, 6.07) is 5.13. The highest BCUT2D eigenvalue weighted by Crippen LogP contribution is 2.09. The van der Waals surface area contributed by atoms with Gasteiger partial charge in [0, 0.05) is 6.20 Å². The zero-order valence-electron chi connectivity index (χ0n) is 7.79. The number of H-pyrrole nitrogens is 1. The van der Waals surface area contributed by atoms with Crippen LogP contribution in [0.15, 0.2) is 35.1 Å². The topological polar surface area (TPSA) is 58.0 Å². The van der Waals surface area contributed by atoms with Gasteiger partial charge in [0.15, 0.2) is 0 Å². The van der Waals surface area contributed by atoms with E-state index in [1.54, 1.807) is 30.7 Å². The van der Waals surface area contributed by atoms with Gasteiger partial charge in [-0.2, -0.15) is 0 Å². The molecule has 2 aromatic heterocycles. The molecule has 78 valence electrons. The lowest BCUT2D eigenvalue weighted by molar-refractivity contribution is 0.0943. The van der Waals surface area contributed by atoms with Crippen LogP contribution in [0.1, 0.15) is 16.2 Å². The summed E-state index contributed by atoms with van der Waals surface area (Å²) in [6.45, 7) is 0.364. The van der Waals surface area contributed by atoms with E-state index in [0.717, 1.165) is 0 Å². The summed E-state index contributed by atoms with van der Waals surface area (Å²) in [4.78, 5) is 14.3. The van der Waals surface area contributed by atoms with Gasteiger partial charge in [-0.25, -0.2) is 0 Å². The SMILES string of the molecule is O=C(NCc1ccco1)c1cc(Cl)c[nH]1. The fourth-order valence-corrected chi connectivity index (χ4v) is 1.34. The van der Waals surface area contributed by atoms with Crippen LogP contribution >= 0.6 is 11.6 Å². The molecule has 0 bridgehead atoms. The largest absolute Gasteiger partial charge is 0.467 e. The second kappa shape index (κ2) is 4.23. The van der Waals surface area contributed by atoms with E-state index in [-0.39, 0.29) is 5.91 Å². The van der Waals surface area contributed by atoms with Crippen molar-refractivity contribution in [1.29, 1.82) is 0 Å². The van der Waals surface area contributed by atoms with Crippen LogP contribution in [0.2, 0.25) is 5.02 Å². The van der Waals surface area contributed by atoms with Gasteiger partial charge in [-0.1, -0.05) is 11.6 Å². The molecule has 15 heavy (non-hydrogen) atoms. The standard InChI is InChI=1S/C10H9ClN2O2/c11-7-4-9(12-5-7)10(14)13-6-8-2-1-3-15-8/h1-5,12H,6H2,(H,13,14). The summed E-state index contributed by atoms with van der Waals surface area (Å²) in [5.74, 6) is 0.499. The van der Waals surface area contributed by atoms with Gasteiger partial charge in [-0.3, -0.25) is 4.79 Å². The molecule has 0 unspecified atom stereocenters. The maximum Gasteiger partial charge on any atom is 0.268 e. The molecule has 2 N–H and O–H groups in total. The van der Waals surface area contributed by atoms with Gasteiger partial charge in [0.2, 0.25) is 0 Å². The first-order chi connectivity index (χ1) is 7.25. The van der Waals surface area contributed by atoms with Gasteiger partial charge in [-0.15, -0.1) is 0 Å². The predicted octanol–water partition coefficient (Wildman–Crippen LogP) is 2.19. The Bertz CT molecular complexity index is 448. The number of carbonyl (C=O) groups excluding carboxylic acids is 1. The lowest BCUT2D eigenvalue weighted by Crippen LogP contribution is -2.22. The molecule has 0 aromatic carbocycles. The van der Waals surface area contributed by atoms with Gasteiger partial charge >= 0.3 is 0 Å². The van der Waals surface area contributed by atoms with Crippen molar-refractivity contribution in [3.05, 3.63) is 47.1 Å². The molecule has 4 nitrogen and oxygen atoms in total. The van der Waals surface area contributed by atoms with Crippen LogP contribution in [-0.4, -0.2) is 10.9 Å². The number of hydrogen-bond acceptors (Lipinski definition) is 2. The summed E-state index contributed by atoms with van der Waals surface area (Å²) in [7, 11) is 0. The van der Waals surface area contributed by atoms with Crippen LogP contribution in [0.25, 0.3) is 0 Å². The average Bonchev–Trinajstić information content (AvgIpc) is 2.84. The van der Waals surface area contributed by atoms with Gasteiger partial charge < -0.3 is 14.7 Å². The summed E-state index contributed by atoms with van der Waals surface area (Å²) in [6.07, 6.45) is 3.12. The van der Waals surface area contributed by atoms with Crippen molar-refractivity contribution in [2.45, 2.75) is 6.54 Å². The molecule has 0 saturated heterocycles. The van der Waals surface area contributed by atoms with Crippen LogP contribution in [0, 0.1) is 0 Å². The molecule has 0 saturated carbocycles. The third-order valence-electron chi connectivity index (χ3n) is 1.90. The van der Waals surface area contributed by atoms with E-state index in [0.29, 0.717) is 23.0 Å². The maximum absolute atomic E-state index is 11.5. The van der Waals surface area contributed by atoms with Crippen molar-refractivity contribution in [3.8, 4) is 0 Å². The number of carbonyl (C=O) groups is 1. The van der Waals surface area contributed by atoms with E-state index in [1.807, 2.05) is 0 Å². The molecular weight excluding hydrogens is 216 g/mol. The Morgan fingerprint density at radius 1 is 1.60 bits per heavy atom. The van der Waals surface area contributed by atoms with E-state index in [1.165, 1.54) is 0 Å². The Labute approximate surface area is 91.2 Å². The Hall–Kier alpha value is -1.68. The third-order valence-corrected chi connectivity index (χ3v) is 2.11. The first-order valence-electron chi connectivity index (χ1n) is 4.40. The van der Waals surface area contributed by atoms with Crippen molar-refractivity contribution in [2.24, 2.45) is 0 Å². The monoisotopic (exact) mass is 224 g/mol. The smallest absolute Gasteiger partial charge is 0.268 e. The van der Waals surface area contributed by atoms with Crippen molar-refractivity contribution >= 4 is 17.5 Å². The molecule has 0 aliphatic carbocycles. The summed E-state index contributed by atoms with van der Waals surface area (Å²) in [5, 5.41) is 3.20. The Morgan fingerprint density at radius 3 is 3.07 bits per heavy atom. The van der Waals surface area contributed by atoms with E-state index < -0.39 is 0 Å². The van der Waals surface area contributed by atoms with E-state index in [9.17, 15) is 4.79 Å². The van der Waals surface area contributed by atoms with E-state index in [4.69, 9.17) is 16.0 Å². The molecule has 0 atom stereocenters. The molecule has 0 radical (unpaired) electrons. The zero-order valence-corrected chi connectivity index (χ0v) is 8.54. The minimum atomic E-state index is -0.210. The van der Waals surface area contributed by atoms with E-state index in [2.05, 4.69) is 10.3 Å². The second-order valence-corrected chi connectivity index (χ2v) is 3.43. The van der Waals surface area contributed by atoms with Crippen molar-refractivity contribution in [3.63, 3.8) is 0 Å². The number of furan rings is 1. The zero-order chi connectivity index (χ0) is 10.7. The summed E-state index contributed by atoms with van der Waals surface area (Å²) >= 11 is 5.67. The lowest BCUT2D eigenvalue weighted by atomic mass is 10.4. The molecule has 1 amide bonds. The van der Waals surface area contributed by atoms with E-state index >= 15 is 0 Å². The van der Waals surface area contributed by atoms with Crippen LogP contribution < -0.4 is 5.32 Å². The number of amides is 1. The Kier molecular flexibility index (Phi) is 2.78. The van der Waals surface area contributed by atoms with Gasteiger partial charge in [0.05, 0.1) is 17.8 Å². The molecule has 0 fully saturated rings. The number of aromatic nitrogens is 1. The molecule has 2 rings (SSSR count). The highest BCUT2D eigenvalue weighted by molar-refractivity contribution is 6.30. The fraction of sp³-hybridized carbons (Fsp3) is 0.100. The summed E-state index contributed by atoms with van der Waals surface area (Å²) < 4.78 is 5.07. The van der Waals surface area contributed by atoms with Crippen LogP contribution in [0.4, 0.5) is 0 Å². The first-order valence-corrected chi connectivity index (χ1v) is 4.78. The lowest BCUT2D eigenvalue weighted by Gasteiger charge is -2.00. The minimum Gasteiger partial charge on any atom is -0.467 e. The maximum atomic E-state index is 11.5. The molecule has 5 heteroatoms. The highest BCUT2D eigenvalue weighted by Gasteiger charge is 2.07. The number of hydrogen-bond donors (Lipinski definition) is 2. The van der Waals surface area contributed by atoms with Crippen molar-refractivity contribution in [2.75, 3.05) is 0 Å². The van der Waals surface area contributed by atoms with Crippen LogP contribution in [0.5, 0.6) is 0 Å². The molecular formula is C10H9ClN2O2. The second-order valence-electron chi connectivity index (χ2n) is 2.99. The molecule has 0 aliphatic rings. The first kappa shape index (κ1) is 9.86. The minimum absolute atomic E-state index is 0.210. The van der Waals surface area contributed by atoms with Gasteiger partial charge in [-0.05, 0) is 18.2 Å². The van der Waals surface area contributed by atoms with Crippen molar-refractivity contribution in [1.82, 2.24) is 10.3 Å². The third kappa shape index (κ3) is 2.41. The van der Waals surface area contributed by atoms with Crippen LogP contribution in [-0.2, 0) is 6.54 Å². The number of halogens is 1. The number of nitrogens with one attached hydrogen (secondary N) is 2. The summed E-state index contributed by atoms with van der Waals surface area (Å²) in [5.41, 5.74) is 0.437. The Morgan fingerprint density at radius 2 is 2.47 bits per heavy atom. The quantitative estimate of drug-likeness (QED) is 0.840. The number of rotatable bonds is 3. The van der Waals surface area contributed by atoms with Crippen molar-refractivity contribution < 1.29 is 9.21 Å². The Balaban J connectivity index is 1.93. The fourth-order valence-electron chi connectivity index (χ4n) is 1.17.